The molecule has 0 aliphatic rings. The minimum absolute atomic E-state index is 0.853. The van der Waals surface area contributed by atoms with Gasteiger partial charge in [-0.05, 0) is 45.1 Å². The van der Waals surface area contributed by atoms with E-state index in [9.17, 15) is 0 Å². The summed E-state index contributed by atoms with van der Waals surface area (Å²) >= 11 is 0. The molecule has 1 nitrogen and oxygen atoms in total. The molecule has 0 spiro atoms. The first-order valence-electron chi connectivity index (χ1n) is 10.7. The maximum Gasteiger partial charge on any atom is 0.0455 e. The van der Waals surface area contributed by atoms with Gasteiger partial charge in [-0.1, -0.05) is 112 Å². The van der Waals surface area contributed by atoms with Crippen molar-refractivity contribution in [3.8, 4) is 0 Å². The first kappa shape index (κ1) is 36.6. The van der Waals surface area contributed by atoms with Gasteiger partial charge >= 0.3 is 0 Å². The monoisotopic (exact) mass is 387 g/mol. The van der Waals surface area contributed by atoms with Crippen LogP contribution in [-0.4, -0.2) is 4.90 Å². The normalized spacial score (nSPS) is 10.4. The van der Waals surface area contributed by atoms with E-state index in [0.717, 1.165) is 17.1 Å². The van der Waals surface area contributed by atoms with Crippen LogP contribution in [0.15, 0.2) is 97.6 Å². The van der Waals surface area contributed by atoms with Crippen LogP contribution in [0.5, 0.6) is 0 Å². The molecule has 0 unspecified atom stereocenters. The van der Waals surface area contributed by atoms with Gasteiger partial charge in [0.1, 0.15) is 0 Å². The zero-order valence-electron chi connectivity index (χ0n) is 20.8. The largest absolute Gasteiger partial charge is 0.311 e. The van der Waals surface area contributed by atoms with Crippen molar-refractivity contribution in [1.82, 2.24) is 4.90 Å². The third kappa shape index (κ3) is 20.0. The summed E-state index contributed by atoms with van der Waals surface area (Å²) in [5.41, 5.74) is 2.86. The van der Waals surface area contributed by atoms with Crippen LogP contribution in [0.25, 0.3) is 0 Å². The molecule has 1 heteroatoms. The molecule has 0 amide bonds. The lowest BCUT2D eigenvalue weighted by Gasteiger charge is -2.27. The van der Waals surface area contributed by atoms with Crippen LogP contribution in [0, 0.1) is 0 Å². The first-order chi connectivity index (χ1) is 13.7. The molecular weight excluding hydrogens is 338 g/mol. The third-order valence-corrected chi connectivity index (χ3v) is 2.53. The summed E-state index contributed by atoms with van der Waals surface area (Å²) in [7, 11) is 0. The van der Waals surface area contributed by atoms with E-state index >= 15 is 0 Å². The number of rotatable bonds is 8. The van der Waals surface area contributed by atoms with Crippen molar-refractivity contribution in [3.05, 3.63) is 97.6 Å². The van der Waals surface area contributed by atoms with Gasteiger partial charge in [-0.2, -0.15) is 0 Å². The van der Waals surface area contributed by atoms with E-state index < -0.39 is 0 Å². The van der Waals surface area contributed by atoms with Crippen molar-refractivity contribution in [2.24, 2.45) is 0 Å². The highest BCUT2D eigenvalue weighted by atomic mass is 15.2. The lowest BCUT2D eigenvalue weighted by molar-refractivity contribution is 0.579. The van der Waals surface area contributed by atoms with Gasteiger partial charge < -0.3 is 4.90 Å². The fraction of sp³-hybridized carbons (Fsp3) is 0.407. The standard InChI is InChI=1S/C19H25N.4C2H6/c1-7-12-15-17(6)20(18(10-4)14-9-3)19(11-5)16-13-8-2;4*1-2/h7-16H,1,5-6H2,2-4H3;4*1-2H3/b13-8-,14-9-,15-12-,18-10+,19-16+;;;;. The summed E-state index contributed by atoms with van der Waals surface area (Å²) < 4.78 is 0. The van der Waals surface area contributed by atoms with Crippen LogP contribution >= 0.6 is 0 Å². The lowest BCUT2D eigenvalue weighted by atomic mass is 10.2. The number of nitrogens with zero attached hydrogens (tertiary/aromatic N) is 1. The molecule has 0 saturated carbocycles. The zero-order chi connectivity index (χ0) is 23.4. The number of allylic oxidation sites excluding steroid dienone is 10. The Morgan fingerprint density at radius 1 is 0.679 bits per heavy atom. The highest BCUT2D eigenvalue weighted by molar-refractivity contribution is 5.38. The molecule has 0 radical (unpaired) electrons. The minimum atomic E-state index is 0.853. The second-order valence-electron chi connectivity index (χ2n) is 3.96. The summed E-state index contributed by atoms with van der Waals surface area (Å²) in [6.07, 6.45) is 19.4. The molecule has 0 aliphatic carbocycles. The molecule has 0 rings (SSSR count). The summed E-state index contributed by atoms with van der Waals surface area (Å²) in [6.45, 7) is 33.7. The molecule has 0 fully saturated rings. The predicted octanol–water partition coefficient (Wildman–Crippen LogP) is 9.77. The van der Waals surface area contributed by atoms with Crippen LogP contribution in [0.4, 0.5) is 0 Å². The second kappa shape index (κ2) is 35.8. The third-order valence-electron chi connectivity index (χ3n) is 2.53. The molecule has 0 aliphatic heterocycles. The van der Waals surface area contributed by atoms with Crippen molar-refractivity contribution < 1.29 is 0 Å². The van der Waals surface area contributed by atoms with Crippen LogP contribution in [0.2, 0.25) is 0 Å². The van der Waals surface area contributed by atoms with Crippen molar-refractivity contribution in [3.63, 3.8) is 0 Å². The minimum Gasteiger partial charge on any atom is -0.311 e. The van der Waals surface area contributed by atoms with Gasteiger partial charge in [0.2, 0.25) is 0 Å². The molecule has 0 bridgehead atoms. The van der Waals surface area contributed by atoms with E-state index in [-0.39, 0.29) is 0 Å². The Labute approximate surface area is 178 Å². The molecule has 162 valence electrons. The molecule has 28 heavy (non-hydrogen) atoms. The van der Waals surface area contributed by atoms with E-state index in [2.05, 4.69) is 19.7 Å². The predicted molar refractivity (Wildman–Crippen MR) is 137 cm³/mol. The van der Waals surface area contributed by atoms with E-state index in [1.54, 1.807) is 6.08 Å². The summed E-state index contributed by atoms with van der Waals surface area (Å²) in [5, 5.41) is 0. The Kier molecular flexibility index (Phi) is 46.8. The van der Waals surface area contributed by atoms with Gasteiger partial charge in [0, 0.05) is 17.1 Å². The maximum atomic E-state index is 4.12. The highest BCUT2D eigenvalue weighted by Crippen LogP contribution is 2.22. The topological polar surface area (TPSA) is 3.24 Å². The molecule has 0 heterocycles. The molecule has 0 saturated heterocycles. The Morgan fingerprint density at radius 2 is 1.18 bits per heavy atom. The fourth-order valence-corrected chi connectivity index (χ4v) is 1.63. The second-order valence-corrected chi connectivity index (χ2v) is 3.96. The zero-order valence-corrected chi connectivity index (χ0v) is 20.8. The average molecular weight is 388 g/mol. The van der Waals surface area contributed by atoms with Gasteiger partial charge in [-0.15, -0.1) is 0 Å². The van der Waals surface area contributed by atoms with E-state index in [1.807, 2.05) is 136 Å². The number of hydrogen-bond donors (Lipinski definition) is 0. The van der Waals surface area contributed by atoms with Crippen LogP contribution in [0.1, 0.15) is 76.2 Å². The van der Waals surface area contributed by atoms with Crippen molar-refractivity contribution in [2.45, 2.75) is 76.2 Å². The van der Waals surface area contributed by atoms with E-state index in [0.29, 0.717) is 0 Å². The Hall–Kier alpha value is -2.28. The van der Waals surface area contributed by atoms with Gasteiger partial charge in [0.05, 0.1) is 0 Å². The van der Waals surface area contributed by atoms with Crippen molar-refractivity contribution in [1.29, 1.82) is 0 Å². The Morgan fingerprint density at radius 3 is 1.50 bits per heavy atom. The van der Waals surface area contributed by atoms with Crippen LogP contribution in [-0.2, 0) is 0 Å². The van der Waals surface area contributed by atoms with Crippen molar-refractivity contribution in [2.75, 3.05) is 0 Å². The molecular formula is C27H49N. The first-order valence-corrected chi connectivity index (χ1v) is 10.7. The van der Waals surface area contributed by atoms with Crippen LogP contribution < -0.4 is 0 Å². The van der Waals surface area contributed by atoms with E-state index in [1.165, 1.54) is 0 Å². The molecule has 0 N–H and O–H groups in total. The van der Waals surface area contributed by atoms with Gasteiger partial charge in [0.25, 0.3) is 0 Å². The quantitative estimate of drug-likeness (QED) is 0.374. The SMILES string of the molecule is C=C/C=C\C(=C)N(/C(C=C)=C/C=C\C)C(/C=C\C)=C/C.CC.CC.CC.CC. The van der Waals surface area contributed by atoms with Crippen LogP contribution in [0.3, 0.4) is 0 Å². The molecule has 0 atom stereocenters. The number of hydrogen-bond acceptors (Lipinski definition) is 1. The summed E-state index contributed by atoms with van der Waals surface area (Å²) in [4.78, 5) is 2.05. The van der Waals surface area contributed by atoms with Gasteiger partial charge in [0.15, 0.2) is 0 Å². The molecule has 0 aromatic rings. The molecule has 0 aromatic heterocycles. The molecule has 0 aromatic carbocycles. The summed E-state index contributed by atoms with van der Waals surface area (Å²) in [6, 6.07) is 0. The maximum absolute atomic E-state index is 4.12. The summed E-state index contributed by atoms with van der Waals surface area (Å²) in [5.74, 6) is 0. The smallest absolute Gasteiger partial charge is 0.0455 e. The van der Waals surface area contributed by atoms with E-state index in [4.69, 9.17) is 0 Å². The highest BCUT2D eigenvalue weighted by Gasteiger charge is 2.11. The van der Waals surface area contributed by atoms with Gasteiger partial charge in [-0.3, -0.25) is 0 Å². The Balaban J connectivity index is -0.000000194. The Bertz CT molecular complexity index is 482. The average Bonchev–Trinajstić information content (AvgIpc) is 2.79. The fourth-order valence-electron chi connectivity index (χ4n) is 1.63. The van der Waals surface area contributed by atoms with Gasteiger partial charge in [-0.25, -0.2) is 0 Å². The lowest BCUT2D eigenvalue weighted by Crippen LogP contribution is -2.18. The van der Waals surface area contributed by atoms with Crippen molar-refractivity contribution >= 4 is 0 Å².